The highest BCUT2D eigenvalue weighted by atomic mass is 32.2. The highest BCUT2D eigenvalue weighted by Crippen LogP contribution is 2.35. The Morgan fingerprint density at radius 1 is 1.23 bits per heavy atom. The van der Waals surface area contributed by atoms with Crippen LogP contribution in [-0.2, 0) is 0 Å². The van der Waals surface area contributed by atoms with E-state index in [1.165, 1.54) is 0 Å². The zero-order valence-corrected chi connectivity index (χ0v) is 13.9. The topological polar surface area (TPSA) is 43.2 Å². The first-order valence-electron chi connectivity index (χ1n) is 7.62. The van der Waals surface area contributed by atoms with Crippen LogP contribution in [0.5, 0.6) is 0 Å². The predicted molar refractivity (Wildman–Crippen MR) is 92.6 cm³/mol. The van der Waals surface area contributed by atoms with Crippen LogP contribution in [0, 0.1) is 11.3 Å². The highest BCUT2D eigenvalue weighted by Gasteiger charge is 2.23. The Balaban J connectivity index is 2.12. The van der Waals surface area contributed by atoms with Crippen molar-refractivity contribution in [2.24, 2.45) is 0 Å². The number of nitriles is 1. The van der Waals surface area contributed by atoms with Gasteiger partial charge in [0, 0.05) is 31.6 Å². The van der Waals surface area contributed by atoms with Crippen molar-refractivity contribution in [2.75, 3.05) is 43.9 Å². The summed E-state index contributed by atoms with van der Waals surface area (Å²) in [7, 11) is 0. The van der Waals surface area contributed by atoms with Gasteiger partial charge >= 0.3 is 0 Å². The summed E-state index contributed by atoms with van der Waals surface area (Å²) in [6.07, 6.45) is 1.98. The molecule has 4 nitrogen and oxygen atoms in total. The van der Waals surface area contributed by atoms with Crippen LogP contribution in [0.4, 0.5) is 5.69 Å². The van der Waals surface area contributed by atoms with Gasteiger partial charge in [-0.3, -0.25) is 0 Å². The van der Waals surface area contributed by atoms with Gasteiger partial charge < -0.3 is 9.80 Å². The summed E-state index contributed by atoms with van der Waals surface area (Å²) >= 11 is 1.55. The Kier molecular flexibility index (Phi) is 4.51. The maximum absolute atomic E-state index is 9.68. The fourth-order valence-corrected chi connectivity index (χ4v) is 3.57. The van der Waals surface area contributed by atoms with Crippen LogP contribution in [0.3, 0.4) is 0 Å². The van der Waals surface area contributed by atoms with E-state index in [4.69, 9.17) is 0 Å². The largest absolute Gasteiger partial charge is 0.367 e. The minimum absolute atomic E-state index is 0.719. The Bertz CT molecular complexity index is 714. The molecule has 3 rings (SSSR count). The number of thioether (sulfide) groups is 1. The van der Waals surface area contributed by atoms with E-state index in [1.54, 1.807) is 11.8 Å². The molecule has 1 saturated heterocycles. The molecule has 22 heavy (non-hydrogen) atoms. The van der Waals surface area contributed by atoms with Gasteiger partial charge in [-0.05, 0) is 18.9 Å². The molecule has 114 valence electrons. The molecule has 0 N–H and O–H groups in total. The van der Waals surface area contributed by atoms with E-state index in [0.29, 0.717) is 0 Å². The van der Waals surface area contributed by atoms with Gasteiger partial charge in [-0.15, -0.1) is 11.8 Å². The molecule has 1 aliphatic rings. The van der Waals surface area contributed by atoms with Crippen molar-refractivity contribution < 1.29 is 0 Å². The van der Waals surface area contributed by atoms with Crippen LogP contribution in [0.25, 0.3) is 10.9 Å². The van der Waals surface area contributed by atoms with Crippen LogP contribution in [0.15, 0.2) is 29.3 Å². The number of aromatic nitrogens is 1. The average Bonchev–Trinajstić information content (AvgIpc) is 2.60. The van der Waals surface area contributed by atoms with Crippen molar-refractivity contribution in [3.63, 3.8) is 0 Å². The molecule has 0 aliphatic carbocycles. The van der Waals surface area contributed by atoms with Gasteiger partial charge in [-0.25, -0.2) is 4.98 Å². The van der Waals surface area contributed by atoms with Crippen molar-refractivity contribution in [3.8, 4) is 6.07 Å². The maximum Gasteiger partial charge on any atom is 0.116 e. The van der Waals surface area contributed by atoms with Crippen molar-refractivity contribution in [1.82, 2.24) is 9.88 Å². The van der Waals surface area contributed by atoms with Gasteiger partial charge in [0.25, 0.3) is 0 Å². The lowest BCUT2D eigenvalue weighted by Crippen LogP contribution is -2.46. The number of likely N-dealkylation sites (N-methyl/N-ethyl adjacent to an activating group) is 1. The lowest BCUT2D eigenvalue weighted by Gasteiger charge is -2.36. The molecule has 0 atom stereocenters. The second kappa shape index (κ2) is 6.55. The number of pyridine rings is 1. The molecule has 5 heteroatoms. The number of nitrogens with zero attached hydrogens (tertiary/aromatic N) is 4. The molecular weight excluding hydrogens is 292 g/mol. The summed E-state index contributed by atoms with van der Waals surface area (Å²) in [5.74, 6) is 0. The second-order valence-electron chi connectivity index (χ2n) is 5.39. The highest BCUT2D eigenvalue weighted by molar-refractivity contribution is 7.98. The Labute approximate surface area is 135 Å². The van der Waals surface area contributed by atoms with Crippen LogP contribution < -0.4 is 4.90 Å². The van der Waals surface area contributed by atoms with E-state index < -0.39 is 0 Å². The minimum Gasteiger partial charge on any atom is -0.367 e. The number of benzene rings is 1. The number of rotatable bonds is 3. The predicted octanol–water partition coefficient (Wildman–Crippen LogP) is 2.97. The number of anilines is 1. The minimum atomic E-state index is 0.719. The van der Waals surface area contributed by atoms with Crippen molar-refractivity contribution in [1.29, 1.82) is 5.26 Å². The maximum atomic E-state index is 9.68. The van der Waals surface area contributed by atoms with Gasteiger partial charge in [0.1, 0.15) is 16.7 Å². The quantitative estimate of drug-likeness (QED) is 0.815. The Morgan fingerprint density at radius 3 is 2.59 bits per heavy atom. The van der Waals surface area contributed by atoms with Crippen molar-refractivity contribution in [3.05, 3.63) is 29.8 Å². The lowest BCUT2D eigenvalue weighted by molar-refractivity contribution is 0.271. The standard InChI is InChI=1S/C17H20N4S/c1-3-20-8-10-21(11-9-20)16-13-6-4-5-7-15(13)19-17(22-2)14(16)12-18/h4-7H,3,8-11H2,1-2H3. The monoisotopic (exact) mass is 312 g/mol. The van der Waals surface area contributed by atoms with Crippen LogP contribution in [-0.4, -0.2) is 48.9 Å². The smallest absolute Gasteiger partial charge is 0.116 e. The molecular formula is C17H20N4S. The SMILES string of the molecule is CCN1CCN(c2c(C#N)c(SC)nc3ccccc23)CC1. The summed E-state index contributed by atoms with van der Waals surface area (Å²) in [6.45, 7) is 7.31. The van der Waals surface area contributed by atoms with E-state index in [1.807, 2.05) is 24.5 Å². The molecule has 0 bridgehead atoms. The van der Waals surface area contributed by atoms with E-state index >= 15 is 0 Å². The third kappa shape index (κ3) is 2.65. The van der Waals surface area contributed by atoms with Gasteiger partial charge in [0.2, 0.25) is 0 Å². The summed E-state index contributed by atoms with van der Waals surface area (Å²) in [4.78, 5) is 9.46. The summed E-state index contributed by atoms with van der Waals surface area (Å²) < 4.78 is 0. The first kappa shape index (κ1) is 15.1. The van der Waals surface area contributed by atoms with Crippen LogP contribution in [0.1, 0.15) is 12.5 Å². The molecule has 1 aliphatic heterocycles. The Hall–Kier alpha value is -1.77. The molecule has 2 aromatic rings. The van der Waals surface area contributed by atoms with E-state index in [0.717, 1.165) is 59.9 Å². The molecule has 1 aromatic carbocycles. The Morgan fingerprint density at radius 2 is 1.95 bits per heavy atom. The third-order valence-electron chi connectivity index (χ3n) is 4.27. The summed E-state index contributed by atoms with van der Waals surface area (Å²) in [5.41, 5.74) is 2.75. The fourth-order valence-electron chi connectivity index (χ4n) is 3.04. The van der Waals surface area contributed by atoms with Crippen LogP contribution in [0.2, 0.25) is 0 Å². The van der Waals surface area contributed by atoms with Crippen molar-refractivity contribution in [2.45, 2.75) is 11.9 Å². The fraction of sp³-hybridized carbons (Fsp3) is 0.412. The number of piperazine rings is 1. The first-order valence-corrected chi connectivity index (χ1v) is 8.85. The van der Waals surface area contributed by atoms with Crippen LogP contribution >= 0.6 is 11.8 Å². The summed E-state index contributed by atoms with van der Waals surface area (Å²) in [5, 5.41) is 11.6. The zero-order valence-electron chi connectivity index (χ0n) is 13.0. The molecule has 1 aromatic heterocycles. The van der Waals surface area contributed by atoms with E-state index in [2.05, 4.69) is 33.8 Å². The molecule has 0 saturated carbocycles. The summed E-state index contributed by atoms with van der Waals surface area (Å²) in [6, 6.07) is 10.5. The van der Waals surface area contributed by atoms with E-state index in [9.17, 15) is 5.26 Å². The van der Waals surface area contributed by atoms with Gasteiger partial charge in [0.15, 0.2) is 0 Å². The van der Waals surface area contributed by atoms with Crippen molar-refractivity contribution >= 4 is 28.4 Å². The second-order valence-corrected chi connectivity index (χ2v) is 6.19. The third-order valence-corrected chi connectivity index (χ3v) is 4.95. The molecule has 0 spiro atoms. The number of para-hydroxylation sites is 1. The van der Waals surface area contributed by atoms with Gasteiger partial charge in [-0.2, -0.15) is 5.26 Å². The van der Waals surface area contributed by atoms with Gasteiger partial charge in [-0.1, -0.05) is 25.1 Å². The van der Waals surface area contributed by atoms with E-state index in [-0.39, 0.29) is 0 Å². The number of hydrogen-bond acceptors (Lipinski definition) is 5. The number of fused-ring (bicyclic) bond motifs is 1. The van der Waals surface area contributed by atoms with Gasteiger partial charge in [0.05, 0.1) is 11.2 Å². The molecule has 0 unspecified atom stereocenters. The lowest BCUT2D eigenvalue weighted by atomic mass is 10.1. The first-order chi connectivity index (χ1) is 10.8. The normalized spacial score (nSPS) is 16.0. The number of hydrogen-bond donors (Lipinski definition) is 0. The molecule has 1 fully saturated rings. The molecule has 0 amide bonds. The average molecular weight is 312 g/mol. The zero-order chi connectivity index (χ0) is 15.5. The molecule has 2 heterocycles. The molecule has 0 radical (unpaired) electrons.